The standard InChI is InChI=1S/C8H15NO/c10-8(7-6-9-7)4-2-1-3-5-8/h7,9-10H,1-6H2. The molecule has 2 nitrogen and oxygen atoms in total. The van der Waals surface area contributed by atoms with Gasteiger partial charge in [-0.25, -0.2) is 0 Å². The van der Waals surface area contributed by atoms with E-state index in [1.807, 2.05) is 0 Å². The maximum Gasteiger partial charge on any atom is 0.0812 e. The van der Waals surface area contributed by atoms with E-state index in [1.54, 1.807) is 0 Å². The van der Waals surface area contributed by atoms with Crippen LogP contribution in [0.2, 0.25) is 0 Å². The lowest BCUT2D eigenvalue weighted by Crippen LogP contribution is -2.38. The molecule has 1 saturated heterocycles. The van der Waals surface area contributed by atoms with Crippen LogP contribution in [0.5, 0.6) is 0 Å². The van der Waals surface area contributed by atoms with E-state index in [0.717, 1.165) is 19.4 Å². The zero-order valence-corrected chi connectivity index (χ0v) is 6.27. The molecule has 58 valence electrons. The smallest absolute Gasteiger partial charge is 0.0812 e. The van der Waals surface area contributed by atoms with Gasteiger partial charge in [0, 0.05) is 12.6 Å². The first-order valence-corrected chi connectivity index (χ1v) is 4.27. The first-order chi connectivity index (χ1) is 4.81. The van der Waals surface area contributed by atoms with Crippen molar-refractivity contribution in [3.05, 3.63) is 0 Å². The number of hydrogen-bond acceptors (Lipinski definition) is 2. The van der Waals surface area contributed by atoms with E-state index in [2.05, 4.69) is 5.32 Å². The maximum absolute atomic E-state index is 9.95. The molecule has 2 aliphatic rings. The van der Waals surface area contributed by atoms with Crippen molar-refractivity contribution in [2.75, 3.05) is 6.54 Å². The monoisotopic (exact) mass is 141 g/mol. The minimum absolute atomic E-state index is 0.321. The van der Waals surface area contributed by atoms with Gasteiger partial charge in [-0.05, 0) is 12.8 Å². The summed E-state index contributed by atoms with van der Waals surface area (Å²) in [6, 6.07) is 0.438. The molecule has 0 aromatic carbocycles. The summed E-state index contributed by atoms with van der Waals surface area (Å²) in [5.41, 5.74) is -0.321. The lowest BCUT2D eigenvalue weighted by molar-refractivity contribution is 0.00315. The Morgan fingerprint density at radius 3 is 2.30 bits per heavy atom. The van der Waals surface area contributed by atoms with Crippen molar-refractivity contribution in [3.8, 4) is 0 Å². The highest BCUT2D eigenvalue weighted by molar-refractivity contribution is 5.02. The summed E-state index contributed by atoms with van der Waals surface area (Å²) < 4.78 is 0. The molecule has 0 spiro atoms. The topological polar surface area (TPSA) is 42.2 Å². The zero-order valence-electron chi connectivity index (χ0n) is 6.27. The van der Waals surface area contributed by atoms with E-state index in [1.165, 1.54) is 19.3 Å². The van der Waals surface area contributed by atoms with E-state index in [9.17, 15) is 5.11 Å². The maximum atomic E-state index is 9.95. The molecule has 10 heavy (non-hydrogen) atoms. The van der Waals surface area contributed by atoms with Gasteiger partial charge < -0.3 is 10.4 Å². The minimum atomic E-state index is -0.321. The van der Waals surface area contributed by atoms with E-state index >= 15 is 0 Å². The van der Waals surface area contributed by atoms with Crippen molar-refractivity contribution in [2.45, 2.75) is 43.7 Å². The van der Waals surface area contributed by atoms with Crippen molar-refractivity contribution >= 4 is 0 Å². The molecule has 1 aliphatic heterocycles. The molecule has 1 heterocycles. The first-order valence-electron chi connectivity index (χ1n) is 4.27. The minimum Gasteiger partial charge on any atom is -0.388 e. The van der Waals surface area contributed by atoms with Gasteiger partial charge >= 0.3 is 0 Å². The lowest BCUT2D eigenvalue weighted by atomic mass is 9.82. The Kier molecular flexibility index (Phi) is 1.46. The van der Waals surface area contributed by atoms with Gasteiger partial charge in [-0.1, -0.05) is 19.3 Å². The SMILES string of the molecule is OC1(C2CN2)CCCCC1. The summed E-state index contributed by atoms with van der Waals surface area (Å²) in [6.07, 6.45) is 5.79. The molecular formula is C8H15NO. The van der Waals surface area contributed by atoms with Crippen LogP contribution in [0.3, 0.4) is 0 Å². The molecule has 2 fully saturated rings. The Morgan fingerprint density at radius 2 is 1.80 bits per heavy atom. The Labute approximate surface area is 61.6 Å². The molecule has 0 bridgehead atoms. The largest absolute Gasteiger partial charge is 0.388 e. The zero-order chi connectivity index (χ0) is 7.03. The highest BCUT2D eigenvalue weighted by Crippen LogP contribution is 2.33. The van der Waals surface area contributed by atoms with Crippen LogP contribution in [0, 0.1) is 0 Å². The van der Waals surface area contributed by atoms with Gasteiger partial charge in [-0.2, -0.15) is 0 Å². The number of rotatable bonds is 1. The molecule has 0 amide bonds. The normalized spacial score (nSPS) is 37.5. The Balaban J connectivity index is 1.97. The summed E-state index contributed by atoms with van der Waals surface area (Å²) in [5.74, 6) is 0. The van der Waals surface area contributed by atoms with Gasteiger partial charge in [0.15, 0.2) is 0 Å². The van der Waals surface area contributed by atoms with Gasteiger partial charge in [0.25, 0.3) is 0 Å². The average Bonchev–Trinajstić information content (AvgIpc) is 2.69. The molecule has 1 atom stereocenters. The molecular weight excluding hydrogens is 126 g/mol. The van der Waals surface area contributed by atoms with Crippen LogP contribution in [0.25, 0.3) is 0 Å². The third-order valence-corrected chi connectivity index (χ3v) is 2.78. The fourth-order valence-corrected chi connectivity index (χ4v) is 1.95. The van der Waals surface area contributed by atoms with Crippen LogP contribution >= 0.6 is 0 Å². The second kappa shape index (κ2) is 2.21. The van der Waals surface area contributed by atoms with Crippen molar-refractivity contribution in [2.24, 2.45) is 0 Å². The van der Waals surface area contributed by atoms with Crippen LogP contribution in [-0.4, -0.2) is 23.3 Å². The van der Waals surface area contributed by atoms with Gasteiger partial charge in [0.05, 0.1) is 5.60 Å². The van der Waals surface area contributed by atoms with Crippen molar-refractivity contribution < 1.29 is 5.11 Å². The highest BCUT2D eigenvalue weighted by Gasteiger charge is 2.43. The van der Waals surface area contributed by atoms with E-state index in [4.69, 9.17) is 0 Å². The Bertz CT molecular complexity index is 125. The summed E-state index contributed by atoms with van der Waals surface area (Å²) in [7, 11) is 0. The fourth-order valence-electron chi connectivity index (χ4n) is 1.95. The quantitative estimate of drug-likeness (QED) is 0.526. The molecule has 0 aromatic rings. The van der Waals surface area contributed by atoms with E-state index in [0.29, 0.717) is 6.04 Å². The van der Waals surface area contributed by atoms with Gasteiger partial charge in [-0.3, -0.25) is 0 Å². The summed E-state index contributed by atoms with van der Waals surface area (Å²) in [5, 5.41) is 13.1. The number of hydrogen-bond donors (Lipinski definition) is 2. The van der Waals surface area contributed by atoms with Gasteiger partial charge in [0.2, 0.25) is 0 Å². The molecule has 2 heteroatoms. The molecule has 1 unspecified atom stereocenters. The van der Waals surface area contributed by atoms with Gasteiger partial charge in [-0.15, -0.1) is 0 Å². The molecule has 1 aliphatic carbocycles. The Hall–Kier alpha value is -0.0800. The summed E-state index contributed by atoms with van der Waals surface area (Å²) >= 11 is 0. The Morgan fingerprint density at radius 1 is 1.20 bits per heavy atom. The van der Waals surface area contributed by atoms with Crippen molar-refractivity contribution in [1.82, 2.24) is 5.32 Å². The van der Waals surface area contributed by atoms with Crippen LogP contribution < -0.4 is 5.32 Å². The van der Waals surface area contributed by atoms with Crippen LogP contribution in [0.4, 0.5) is 0 Å². The summed E-state index contributed by atoms with van der Waals surface area (Å²) in [6.45, 7) is 1.04. The molecule has 2 N–H and O–H groups in total. The second-order valence-electron chi connectivity index (χ2n) is 3.63. The van der Waals surface area contributed by atoms with Crippen molar-refractivity contribution in [1.29, 1.82) is 0 Å². The summed E-state index contributed by atoms with van der Waals surface area (Å²) in [4.78, 5) is 0. The third-order valence-electron chi connectivity index (χ3n) is 2.78. The van der Waals surface area contributed by atoms with Crippen LogP contribution in [0.15, 0.2) is 0 Å². The number of aliphatic hydroxyl groups is 1. The van der Waals surface area contributed by atoms with Crippen LogP contribution in [-0.2, 0) is 0 Å². The predicted octanol–water partition coefficient (Wildman–Crippen LogP) is 0.653. The molecule has 0 radical (unpaired) electrons. The van der Waals surface area contributed by atoms with E-state index < -0.39 is 0 Å². The fraction of sp³-hybridized carbons (Fsp3) is 1.00. The van der Waals surface area contributed by atoms with Crippen LogP contribution in [0.1, 0.15) is 32.1 Å². The predicted molar refractivity (Wildman–Crippen MR) is 39.8 cm³/mol. The molecule has 0 aromatic heterocycles. The van der Waals surface area contributed by atoms with E-state index in [-0.39, 0.29) is 5.60 Å². The van der Waals surface area contributed by atoms with Gasteiger partial charge in [0.1, 0.15) is 0 Å². The number of nitrogens with one attached hydrogen (secondary N) is 1. The lowest BCUT2D eigenvalue weighted by Gasteiger charge is -2.31. The first kappa shape index (κ1) is 6.62. The van der Waals surface area contributed by atoms with Crippen molar-refractivity contribution in [3.63, 3.8) is 0 Å². The molecule has 2 rings (SSSR count). The second-order valence-corrected chi connectivity index (χ2v) is 3.63. The molecule has 1 saturated carbocycles. The third kappa shape index (κ3) is 1.06. The average molecular weight is 141 g/mol. The highest BCUT2D eigenvalue weighted by atomic mass is 16.3.